The fourth-order valence-electron chi connectivity index (χ4n) is 3.07. The molecule has 0 aliphatic carbocycles. The van der Waals surface area contributed by atoms with Crippen molar-refractivity contribution in [1.82, 2.24) is 9.97 Å². The Bertz CT molecular complexity index is 1330. The molecule has 1 aromatic heterocycles. The van der Waals surface area contributed by atoms with Crippen LogP contribution in [0.15, 0.2) is 46.3 Å². The summed E-state index contributed by atoms with van der Waals surface area (Å²) < 4.78 is 20.7. The molecule has 3 rings (SSSR count). The molecule has 2 aromatic carbocycles. The average molecular weight is 516 g/mol. The van der Waals surface area contributed by atoms with Crippen molar-refractivity contribution in [2.75, 3.05) is 50.6 Å². The first-order valence-corrected chi connectivity index (χ1v) is 11.4. The Morgan fingerprint density at radius 2 is 1.53 bits per heavy atom. The van der Waals surface area contributed by atoms with E-state index in [-0.39, 0.29) is 33.9 Å². The summed E-state index contributed by atoms with van der Waals surface area (Å²) in [6.45, 7) is 0. The van der Waals surface area contributed by atoms with Crippen LogP contribution in [-0.2, 0) is 4.79 Å². The van der Waals surface area contributed by atoms with Gasteiger partial charge in [-0.2, -0.15) is 0 Å². The predicted molar refractivity (Wildman–Crippen MR) is 136 cm³/mol. The van der Waals surface area contributed by atoms with Gasteiger partial charge < -0.3 is 35.3 Å². The third-order valence-corrected chi connectivity index (χ3v) is 5.69. The normalized spacial score (nSPS) is 10.3. The van der Waals surface area contributed by atoms with E-state index in [9.17, 15) is 14.4 Å². The van der Waals surface area contributed by atoms with Crippen LogP contribution < -0.4 is 40.9 Å². The van der Waals surface area contributed by atoms with Crippen molar-refractivity contribution in [2.45, 2.75) is 5.16 Å². The topological polar surface area (TPSA) is 167 Å². The fourth-order valence-corrected chi connectivity index (χ4v) is 3.73. The quantitative estimate of drug-likeness (QED) is 0.232. The lowest BCUT2D eigenvalue weighted by molar-refractivity contribution is -0.113. The van der Waals surface area contributed by atoms with E-state index in [1.165, 1.54) is 40.6 Å². The number of anilines is 3. The molecule has 0 saturated heterocycles. The summed E-state index contributed by atoms with van der Waals surface area (Å²) in [5.74, 6) is 0.591. The third-order valence-electron chi connectivity index (χ3n) is 4.82. The average Bonchev–Trinajstić information content (AvgIpc) is 2.88. The van der Waals surface area contributed by atoms with Gasteiger partial charge in [0, 0.05) is 17.3 Å². The number of H-pyrrole nitrogens is 1. The number of nitrogens with two attached hydrogens (primary N) is 1. The largest absolute Gasteiger partial charge is 0.493 e. The van der Waals surface area contributed by atoms with Crippen LogP contribution in [0.2, 0.25) is 0 Å². The Balaban J connectivity index is 1.65. The van der Waals surface area contributed by atoms with Crippen molar-refractivity contribution >= 4 is 40.8 Å². The minimum Gasteiger partial charge on any atom is -0.493 e. The Morgan fingerprint density at radius 3 is 2.14 bits per heavy atom. The monoisotopic (exact) mass is 515 g/mol. The molecular weight excluding hydrogens is 490 g/mol. The van der Waals surface area contributed by atoms with Crippen molar-refractivity contribution in [3.63, 3.8) is 0 Å². The highest BCUT2D eigenvalue weighted by molar-refractivity contribution is 7.99. The van der Waals surface area contributed by atoms with Crippen LogP contribution in [0, 0.1) is 0 Å². The third kappa shape index (κ3) is 6.18. The fraction of sp³-hybridized carbons (Fsp3) is 0.217. The maximum Gasteiger partial charge on any atom is 0.277 e. The number of nitrogens with one attached hydrogen (secondary N) is 3. The van der Waals surface area contributed by atoms with Gasteiger partial charge >= 0.3 is 0 Å². The summed E-state index contributed by atoms with van der Waals surface area (Å²) >= 11 is 0.969. The van der Waals surface area contributed by atoms with Gasteiger partial charge in [-0.15, -0.1) is 0 Å². The molecule has 0 radical (unpaired) electrons. The first-order valence-electron chi connectivity index (χ1n) is 10.4. The smallest absolute Gasteiger partial charge is 0.277 e. The summed E-state index contributed by atoms with van der Waals surface area (Å²) in [4.78, 5) is 44.1. The van der Waals surface area contributed by atoms with E-state index in [0.29, 0.717) is 28.7 Å². The van der Waals surface area contributed by atoms with Crippen molar-refractivity contribution in [3.05, 3.63) is 52.3 Å². The number of aromatic nitrogens is 2. The second-order valence-electron chi connectivity index (χ2n) is 7.06. The summed E-state index contributed by atoms with van der Waals surface area (Å²) in [5.41, 5.74) is 5.75. The first-order chi connectivity index (χ1) is 17.3. The number of thioether (sulfide) groups is 1. The van der Waals surface area contributed by atoms with Gasteiger partial charge in [0.2, 0.25) is 5.91 Å². The molecule has 0 saturated carbocycles. The van der Waals surface area contributed by atoms with Crippen LogP contribution in [0.1, 0.15) is 10.4 Å². The van der Waals surface area contributed by atoms with Crippen molar-refractivity contribution in [2.24, 2.45) is 0 Å². The molecule has 36 heavy (non-hydrogen) atoms. The van der Waals surface area contributed by atoms with Gasteiger partial charge in [-0.1, -0.05) is 11.8 Å². The zero-order chi connectivity index (χ0) is 26.2. The zero-order valence-corrected chi connectivity index (χ0v) is 20.8. The molecule has 2 amide bonds. The molecular formula is C23H25N5O7S. The molecule has 0 aliphatic rings. The molecule has 12 nitrogen and oxygen atoms in total. The lowest BCUT2D eigenvalue weighted by atomic mass is 10.2. The van der Waals surface area contributed by atoms with Crippen LogP contribution in [-0.4, -0.2) is 56.0 Å². The van der Waals surface area contributed by atoms with Crippen LogP contribution in [0.25, 0.3) is 0 Å². The number of hydrogen-bond donors (Lipinski definition) is 4. The van der Waals surface area contributed by atoms with Crippen LogP contribution in [0.5, 0.6) is 23.0 Å². The van der Waals surface area contributed by atoms with Crippen LogP contribution >= 0.6 is 11.8 Å². The molecule has 1 heterocycles. The van der Waals surface area contributed by atoms with E-state index >= 15 is 0 Å². The molecule has 3 aromatic rings. The van der Waals surface area contributed by atoms with Crippen LogP contribution in [0.4, 0.5) is 17.2 Å². The molecule has 190 valence electrons. The van der Waals surface area contributed by atoms with Gasteiger partial charge in [0.25, 0.3) is 11.5 Å². The van der Waals surface area contributed by atoms with Gasteiger partial charge in [0.1, 0.15) is 5.69 Å². The van der Waals surface area contributed by atoms with Crippen molar-refractivity contribution in [1.29, 1.82) is 0 Å². The van der Waals surface area contributed by atoms with Gasteiger partial charge in [-0.3, -0.25) is 19.4 Å². The lowest BCUT2D eigenvalue weighted by Crippen LogP contribution is -2.23. The summed E-state index contributed by atoms with van der Waals surface area (Å²) in [7, 11) is 5.92. The van der Waals surface area contributed by atoms with Gasteiger partial charge in [-0.05, 0) is 30.3 Å². The van der Waals surface area contributed by atoms with E-state index in [1.54, 1.807) is 24.3 Å². The molecule has 0 spiro atoms. The van der Waals surface area contributed by atoms with E-state index < -0.39 is 11.5 Å². The molecule has 0 unspecified atom stereocenters. The number of methoxy groups -OCH3 is 4. The van der Waals surface area contributed by atoms with Crippen molar-refractivity contribution < 1.29 is 28.5 Å². The predicted octanol–water partition coefficient (Wildman–Crippen LogP) is 2.37. The number of aromatic amines is 1. The summed E-state index contributed by atoms with van der Waals surface area (Å²) in [5, 5.41) is 5.28. The molecule has 0 fully saturated rings. The highest BCUT2D eigenvalue weighted by atomic mass is 32.2. The molecule has 13 heteroatoms. The van der Waals surface area contributed by atoms with E-state index in [1.807, 2.05) is 0 Å². The standard InChI is InChI=1S/C23H25N5O7S/c1-32-14-7-5-12(9-16(14)34-3)21(30)26-19-20(24)27-23(28-22(19)31)36-11-18(29)25-13-6-8-15(33-2)17(10-13)35-4/h5-10H,11H2,1-4H3,(H,25,29)(H,26,30)(H3,24,27,28,31). The van der Waals surface area contributed by atoms with E-state index in [2.05, 4.69) is 20.6 Å². The minimum absolute atomic E-state index is 0.0614. The Labute approximate surface area is 210 Å². The maximum absolute atomic E-state index is 12.6. The Morgan fingerprint density at radius 1 is 0.917 bits per heavy atom. The number of carbonyl (C=O) groups excluding carboxylic acids is 2. The second kappa shape index (κ2) is 11.8. The van der Waals surface area contributed by atoms with Gasteiger partial charge in [-0.25, -0.2) is 4.98 Å². The zero-order valence-electron chi connectivity index (χ0n) is 20.0. The number of nitrogens with zero attached hydrogens (tertiary/aromatic N) is 1. The molecule has 0 aliphatic heterocycles. The van der Waals surface area contributed by atoms with Gasteiger partial charge in [0.05, 0.1) is 34.2 Å². The molecule has 0 atom stereocenters. The summed E-state index contributed by atoms with van der Waals surface area (Å²) in [6, 6.07) is 9.49. The number of amides is 2. The minimum atomic E-state index is -0.667. The van der Waals surface area contributed by atoms with E-state index in [4.69, 9.17) is 24.7 Å². The summed E-state index contributed by atoms with van der Waals surface area (Å²) in [6.07, 6.45) is 0. The number of rotatable bonds is 10. The maximum atomic E-state index is 12.6. The van der Waals surface area contributed by atoms with Crippen molar-refractivity contribution in [3.8, 4) is 23.0 Å². The van der Waals surface area contributed by atoms with Crippen LogP contribution in [0.3, 0.4) is 0 Å². The second-order valence-corrected chi connectivity index (χ2v) is 8.03. The number of ether oxygens (including phenoxy) is 4. The number of hydrogen-bond acceptors (Lipinski definition) is 10. The SMILES string of the molecule is COc1ccc(NC(=O)CSc2nc(N)c(NC(=O)c3ccc(OC)c(OC)c3)c(=O)[nH]2)cc1OC. The molecule has 0 bridgehead atoms. The highest BCUT2D eigenvalue weighted by Crippen LogP contribution is 2.30. The molecule has 5 N–H and O–H groups in total. The lowest BCUT2D eigenvalue weighted by Gasteiger charge is -2.11. The number of nitrogen functional groups attached to an aromatic ring is 1. The highest BCUT2D eigenvalue weighted by Gasteiger charge is 2.17. The van der Waals surface area contributed by atoms with Gasteiger partial charge in [0.15, 0.2) is 34.0 Å². The first kappa shape index (κ1) is 26.2. The Kier molecular flexibility index (Phi) is 8.62. The van der Waals surface area contributed by atoms with E-state index in [0.717, 1.165) is 11.8 Å². The Hall–Kier alpha value is -4.39. The number of carbonyl (C=O) groups is 2. The number of benzene rings is 2.